The summed E-state index contributed by atoms with van der Waals surface area (Å²) in [5.74, 6) is 0. The molecule has 0 aromatic carbocycles. The molecule has 10 heteroatoms. The number of hydrogen-bond donors (Lipinski definition) is 0. The van der Waals surface area contributed by atoms with E-state index in [4.69, 9.17) is 0 Å². The van der Waals surface area contributed by atoms with Crippen molar-refractivity contribution >= 4 is 61.3 Å². The second kappa shape index (κ2) is 8.31. The maximum Gasteiger partial charge on any atom is 0.158 e. The Hall–Kier alpha value is 1.14. The zero-order valence-corrected chi connectivity index (χ0v) is 21.4. The summed E-state index contributed by atoms with van der Waals surface area (Å²) in [5.41, 5.74) is 0. The highest BCUT2D eigenvalue weighted by Crippen LogP contribution is 1.85. The van der Waals surface area contributed by atoms with Gasteiger partial charge in [-0.2, -0.15) is 0 Å². The fourth-order valence-corrected chi connectivity index (χ4v) is 9.74. The summed E-state index contributed by atoms with van der Waals surface area (Å²) >= 11 is 0. The van der Waals surface area contributed by atoms with Crippen molar-refractivity contribution in [2.24, 2.45) is 0 Å². The average molecular weight is 299 g/mol. The lowest BCUT2D eigenvalue weighted by Crippen LogP contribution is -2.43. The van der Waals surface area contributed by atoms with E-state index in [1.807, 2.05) is 0 Å². The van der Waals surface area contributed by atoms with Crippen molar-refractivity contribution in [3.63, 3.8) is 0 Å². The molecule has 0 spiro atoms. The van der Waals surface area contributed by atoms with Crippen LogP contribution in [0.3, 0.4) is 0 Å². The molecule has 0 aromatic heterocycles. The molecule has 0 heterocycles. The molecule has 4 nitrogen and oxygen atoms in total. The van der Waals surface area contributed by atoms with E-state index < -0.39 is 0 Å². The Kier molecular flexibility index (Phi) is 8.99. The van der Waals surface area contributed by atoms with E-state index >= 15 is 0 Å². The summed E-state index contributed by atoms with van der Waals surface area (Å²) in [5, 5.41) is 0. The minimum absolute atomic E-state index is 0.0169. The van der Waals surface area contributed by atoms with Gasteiger partial charge in [0.2, 0.25) is 0 Å². The van der Waals surface area contributed by atoms with Gasteiger partial charge in [-0.1, -0.05) is 0 Å². The van der Waals surface area contributed by atoms with Crippen molar-refractivity contribution in [2.75, 3.05) is 27.2 Å². The Labute approximate surface area is 105 Å². The molecule has 0 bridgehead atoms. The van der Waals surface area contributed by atoms with Crippen LogP contribution in [0.1, 0.15) is 0 Å². The Balaban J connectivity index is 3.50. The zero-order chi connectivity index (χ0) is 11.1. The van der Waals surface area contributed by atoms with Crippen LogP contribution in [0.2, 0.25) is 0 Å². The molecule has 0 unspecified atom stereocenters. The number of hydrogen-bond acceptors (Lipinski definition) is 4. The fourth-order valence-electron chi connectivity index (χ4n) is 1.45. The van der Waals surface area contributed by atoms with Crippen LogP contribution >= 0.6 is 0 Å². The largest absolute Gasteiger partial charge is 0.376 e. The minimum Gasteiger partial charge on any atom is -0.376 e. The quantitative estimate of drug-likeness (QED) is 0.433. The Morgan fingerprint density at radius 3 is 1.29 bits per heavy atom. The highest BCUT2D eigenvalue weighted by atomic mass is 28.3. The molecule has 0 N–H and O–H groups in total. The van der Waals surface area contributed by atoms with Gasteiger partial charge in [-0.25, -0.2) is 0 Å². The third kappa shape index (κ3) is 9.69. The maximum atomic E-state index is 2.63. The molecule has 0 aliphatic carbocycles. The van der Waals surface area contributed by atoms with Crippen molar-refractivity contribution in [1.82, 2.24) is 16.9 Å². The molecule has 0 saturated carbocycles. The molecule has 0 aromatic rings. The van der Waals surface area contributed by atoms with Crippen LogP contribution in [-0.4, -0.2) is 105 Å². The first-order valence-electron chi connectivity index (χ1n) is 5.08. The standard InChI is InChI=1S/C4H26N4Si6/c1-5(13-7(9)10)3-4-6(2)14-8(11)12/h3-4,13-14H2,1-2,9-12H3. The molecule has 0 rings (SSSR count). The molecule has 0 fully saturated rings. The SMILES string of the molecule is CN(CCN(C)[SiH2]N([SiH3])[SiH3])[SiH2]N([SiH3])[SiH3]. The molecule has 86 valence electrons. The van der Waals surface area contributed by atoms with Gasteiger partial charge >= 0.3 is 0 Å². The normalized spacial score (nSPS) is 15.0. The van der Waals surface area contributed by atoms with Gasteiger partial charge in [0.05, 0.1) is 41.6 Å². The van der Waals surface area contributed by atoms with E-state index in [1.54, 1.807) is 0 Å². The van der Waals surface area contributed by atoms with Gasteiger partial charge in [0.25, 0.3) is 0 Å². The predicted molar refractivity (Wildman–Crippen MR) is 85.8 cm³/mol. The molecule has 0 atom stereocenters. The Morgan fingerprint density at radius 1 is 0.786 bits per heavy atom. The zero-order valence-electron chi connectivity index (χ0n) is 10.6. The van der Waals surface area contributed by atoms with E-state index in [9.17, 15) is 0 Å². The van der Waals surface area contributed by atoms with Crippen molar-refractivity contribution in [3.05, 3.63) is 0 Å². The van der Waals surface area contributed by atoms with E-state index in [0.29, 0.717) is 0 Å². The average Bonchev–Trinajstić information content (AvgIpc) is 1.98. The number of rotatable bonds is 7. The summed E-state index contributed by atoms with van der Waals surface area (Å²) in [6.45, 7) is 2.57. The predicted octanol–water partition coefficient (Wildman–Crippen LogP) is -7.43. The van der Waals surface area contributed by atoms with Crippen LogP contribution in [0.5, 0.6) is 0 Å². The summed E-state index contributed by atoms with van der Waals surface area (Å²) in [6, 6.07) is 0. The molecule has 0 radical (unpaired) electrons. The van der Waals surface area contributed by atoms with Gasteiger partial charge in [0.1, 0.15) is 0 Å². The molecule has 14 heavy (non-hydrogen) atoms. The van der Waals surface area contributed by atoms with E-state index in [0.717, 1.165) is 0 Å². The lowest BCUT2D eigenvalue weighted by atomic mass is 10.6. The molecule has 0 aliphatic heterocycles. The smallest absolute Gasteiger partial charge is 0.158 e. The van der Waals surface area contributed by atoms with E-state index in [1.165, 1.54) is 54.7 Å². The van der Waals surface area contributed by atoms with Crippen LogP contribution in [0.4, 0.5) is 0 Å². The molecule has 0 saturated heterocycles. The summed E-state index contributed by atoms with van der Waals surface area (Å²) in [4.78, 5) is 0. The molecular formula is C4H26N4Si6. The first-order valence-corrected chi connectivity index (χ1v) is 11.2. The van der Waals surface area contributed by atoms with Crippen LogP contribution in [0.25, 0.3) is 0 Å². The monoisotopic (exact) mass is 298 g/mol. The van der Waals surface area contributed by atoms with Crippen LogP contribution < -0.4 is 0 Å². The van der Waals surface area contributed by atoms with E-state index in [-0.39, 0.29) is 19.7 Å². The number of nitrogens with zero attached hydrogens (tertiary/aromatic N) is 4. The summed E-state index contributed by atoms with van der Waals surface area (Å²) in [6.07, 6.45) is 0. The topological polar surface area (TPSA) is 13.0 Å². The molecule has 0 aliphatic rings. The first kappa shape index (κ1) is 15.1. The second-order valence-electron chi connectivity index (χ2n) is 4.60. The lowest BCUT2D eigenvalue weighted by Gasteiger charge is -2.26. The fraction of sp³-hybridized carbons (Fsp3) is 1.00. The van der Waals surface area contributed by atoms with Gasteiger partial charge in [0, 0.05) is 13.1 Å². The third-order valence-corrected chi connectivity index (χ3v) is 8.04. The Bertz CT molecular complexity index is 130. The van der Waals surface area contributed by atoms with Gasteiger partial charge in [0.15, 0.2) is 19.7 Å². The lowest BCUT2D eigenvalue weighted by molar-refractivity contribution is 0.427. The third-order valence-electron chi connectivity index (χ3n) is 1.91. The van der Waals surface area contributed by atoms with Gasteiger partial charge < -0.3 is 16.9 Å². The van der Waals surface area contributed by atoms with Gasteiger partial charge in [-0.15, -0.1) is 0 Å². The first-order chi connectivity index (χ1) is 6.41. The van der Waals surface area contributed by atoms with Crippen LogP contribution in [-0.2, 0) is 0 Å². The second-order valence-corrected chi connectivity index (χ2v) is 24.6. The Morgan fingerprint density at radius 2 is 1.07 bits per heavy atom. The van der Waals surface area contributed by atoms with Gasteiger partial charge in [-0.3, -0.25) is 0 Å². The highest BCUT2D eigenvalue weighted by molar-refractivity contribution is 6.51. The van der Waals surface area contributed by atoms with E-state index in [2.05, 4.69) is 31.0 Å². The summed E-state index contributed by atoms with van der Waals surface area (Å²) in [7, 11) is 9.68. The molecular weight excluding hydrogens is 273 g/mol. The van der Waals surface area contributed by atoms with Crippen LogP contribution in [0.15, 0.2) is 0 Å². The van der Waals surface area contributed by atoms with Crippen molar-refractivity contribution < 1.29 is 0 Å². The maximum absolute atomic E-state index is 2.63. The highest BCUT2D eigenvalue weighted by Gasteiger charge is 2.03. The minimum atomic E-state index is -0.0169. The van der Waals surface area contributed by atoms with Crippen molar-refractivity contribution in [2.45, 2.75) is 0 Å². The van der Waals surface area contributed by atoms with Gasteiger partial charge in [-0.05, 0) is 14.1 Å². The van der Waals surface area contributed by atoms with Crippen molar-refractivity contribution in [1.29, 1.82) is 0 Å². The number of likely N-dealkylation sites (N-methyl/N-ethyl adjacent to an activating group) is 2. The molecule has 0 amide bonds. The summed E-state index contributed by atoms with van der Waals surface area (Å²) < 4.78 is 10.4. The van der Waals surface area contributed by atoms with Crippen molar-refractivity contribution in [3.8, 4) is 0 Å². The van der Waals surface area contributed by atoms with Crippen LogP contribution in [0, 0.1) is 0 Å².